The predicted molar refractivity (Wildman–Crippen MR) is 106 cm³/mol. The normalized spacial score (nSPS) is 10.9. The first-order valence-corrected chi connectivity index (χ1v) is 9.86. The lowest BCUT2D eigenvalue weighted by atomic mass is 10.2. The molecule has 3 aromatic heterocycles. The van der Waals surface area contributed by atoms with Crippen molar-refractivity contribution in [1.82, 2.24) is 34.7 Å². The molecule has 0 aliphatic carbocycles. The average molecular weight is 431 g/mol. The van der Waals surface area contributed by atoms with Gasteiger partial charge in [-0.2, -0.15) is 10.2 Å². The highest BCUT2D eigenvalue weighted by atomic mass is 35.5. The van der Waals surface area contributed by atoms with Crippen molar-refractivity contribution < 1.29 is 9.21 Å². The smallest absolute Gasteiger partial charge is 0.277 e. The molecule has 0 unspecified atom stereocenters. The van der Waals surface area contributed by atoms with E-state index >= 15 is 0 Å². The first kappa shape index (κ1) is 19.2. The molecule has 0 aliphatic rings. The highest BCUT2D eigenvalue weighted by Gasteiger charge is 2.13. The van der Waals surface area contributed by atoms with Crippen molar-refractivity contribution in [3.05, 3.63) is 65.7 Å². The van der Waals surface area contributed by atoms with Gasteiger partial charge in [-0.25, -0.2) is 14.3 Å². The van der Waals surface area contributed by atoms with Crippen LogP contribution >= 0.6 is 23.4 Å². The maximum absolute atomic E-state index is 12.3. The molecule has 148 valence electrons. The molecular weight excluding hydrogens is 416 g/mol. The third kappa shape index (κ3) is 5.00. The molecule has 29 heavy (non-hydrogen) atoms. The first-order chi connectivity index (χ1) is 14.2. The molecule has 0 radical (unpaired) electrons. The Labute approximate surface area is 174 Å². The fourth-order valence-corrected chi connectivity index (χ4v) is 3.25. The molecule has 0 bridgehead atoms. The van der Waals surface area contributed by atoms with Gasteiger partial charge in [0, 0.05) is 11.1 Å². The van der Waals surface area contributed by atoms with Gasteiger partial charge in [0.1, 0.15) is 25.0 Å². The van der Waals surface area contributed by atoms with E-state index in [9.17, 15) is 4.79 Å². The lowest BCUT2D eigenvalue weighted by molar-refractivity contribution is -0.113. The summed E-state index contributed by atoms with van der Waals surface area (Å²) in [4.78, 5) is 16.2. The van der Waals surface area contributed by atoms with E-state index in [0.29, 0.717) is 35.0 Å². The van der Waals surface area contributed by atoms with Crippen molar-refractivity contribution in [1.29, 1.82) is 0 Å². The zero-order valence-electron chi connectivity index (χ0n) is 15.0. The van der Waals surface area contributed by atoms with Crippen LogP contribution in [-0.4, -0.2) is 46.4 Å². The number of carbonyl (C=O) groups is 1. The molecule has 1 aromatic carbocycles. The molecule has 4 rings (SSSR count). The maximum Gasteiger partial charge on any atom is 0.277 e. The monoisotopic (exact) mass is 430 g/mol. The van der Waals surface area contributed by atoms with E-state index in [0.717, 1.165) is 17.3 Å². The Hall–Kier alpha value is -3.18. The summed E-state index contributed by atoms with van der Waals surface area (Å²) in [7, 11) is 0. The molecule has 1 amide bonds. The Morgan fingerprint density at radius 1 is 1.17 bits per heavy atom. The molecule has 0 fully saturated rings. The molecule has 12 heteroatoms. The summed E-state index contributed by atoms with van der Waals surface area (Å²) in [5, 5.41) is 19.8. The summed E-state index contributed by atoms with van der Waals surface area (Å²) < 4.78 is 8.74. The fourth-order valence-electron chi connectivity index (χ4n) is 2.47. The van der Waals surface area contributed by atoms with Gasteiger partial charge in [-0.3, -0.25) is 4.79 Å². The Morgan fingerprint density at radius 3 is 2.90 bits per heavy atom. The number of benzene rings is 1. The van der Waals surface area contributed by atoms with Crippen LogP contribution in [0.3, 0.4) is 0 Å². The van der Waals surface area contributed by atoms with Crippen LogP contribution in [0, 0.1) is 0 Å². The molecule has 4 aromatic rings. The van der Waals surface area contributed by atoms with Crippen molar-refractivity contribution in [3.8, 4) is 0 Å². The molecule has 10 nitrogen and oxygen atoms in total. The van der Waals surface area contributed by atoms with Gasteiger partial charge in [0.25, 0.3) is 5.22 Å². The van der Waals surface area contributed by atoms with E-state index in [1.54, 1.807) is 28.0 Å². The van der Waals surface area contributed by atoms with E-state index in [4.69, 9.17) is 16.0 Å². The number of nitrogens with zero attached hydrogens (tertiary/aromatic N) is 7. The molecule has 0 spiro atoms. The summed E-state index contributed by atoms with van der Waals surface area (Å²) in [5.41, 5.74) is 0.911. The lowest BCUT2D eigenvalue weighted by Gasteiger charge is -2.09. The van der Waals surface area contributed by atoms with Crippen molar-refractivity contribution in [2.75, 3.05) is 11.1 Å². The summed E-state index contributed by atoms with van der Waals surface area (Å²) in [6.07, 6.45) is 4.59. The molecule has 1 N–H and O–H groups in total. The number of carbonyl (C=O) groups excluding carboxylic acids is 1. The van der Waals surface area contributed by atoms with Gasteiger partial charge in [0.05, 0.1) is 18.5 Å². The third-order valence-corrected chi connectivity index (χ3v) is 4.99. The van der Waals surface area contributed by atoms with Gasteiger partial charge in [-0.1, -0.05) is 41.6 Å². The van der Waals surface area contributed by atoms with Crippen LogP contribution in [-0.2, 0) is 17.9 Å². The maximum atomic E-state index is 12.3. The number of hydrogen-bond donors (Lipinski definition) is 1. The SMILES string of the molecule is O=C(CSc1nnc(Cn2cncn2)o1)Nc1ccnn1Cc1ccccc1Cl. The molecule has 3 heterocycles. The van der Waals surface area contributed by atoms with Gasteiger partial charge < -0.3 is 9.73 Å². The highest BCUT2D eigenvalue weighted by Crippen LogP contribution is 2.19. The minimum Gasteiger partial charge on any atom is -0.414 e. The van der Waals surface area contributed by atoms with Crippen LogP contribution in [0.15, 0.2) is 58.8 Å². The summed E-state index contributed by atoms with van der Waals surface area (Å²) in [5.74, 6) is 0.860. The lowest BCUT2D eigenvalue weighted by Crippen LogP contribution is -2.18. The molecule has 0 atom stereocenters. The number of aromatic nitrogens is 7. The van der Waals surface area contributed by atoms with Gasteiger partial charge in [-0.05, 0) is 11.6 Å². The van der Waals surface area contributed by atoms with Crippen molar-refractivity contribution in [2.24, 2.45) is 0 Å². The minimum absolute atomic E-state index is 0.113. The topological polar surface area (TPSA) is 117 Å². The van der Waals surface area contributed by atoms with Crippen molar-refractivity contribution in [2.45, 2.75) is 18.3 Å². The fraction of sp³-hybridized carbons (Fsp3) is 0.176. The first-order valence-electron chi connectivity index (χ1n) is 8.50. The Morgan fingerprint density at radius 2 is 2.07 bits per heavy atom. The Kier molecular flexibility index (Phi) is 5.86. The van der Waals surface area contributed by atoms with E-state index in [-0.39, 0.29) is 11.7 Å². The van der Waals surface area contributed by atoms with Crippen LogP contribution in [0.1, 0.15) is 11.5 Å². The minimum atomic E-state index is -0.216. The van der Waals surface area contributed by atoms with Gasteiger partial charge in [-0.15, -0.1) is 10.2 Å². The third-order valence-electron chi connectivity index (χ3n) is 3.80. The molecular formula is C17H15ClN8O2S. The zero-order valence-corrected chi connectivity index (χ0v) is 16.5. The predicted octanol–water partition coefficient (Wildman–Crippen LogP) is 2.34. The van der Waals surface area contributed by atoms with Crippen LogP contribution in [0.25, 0.3) is 0 Å². The van der Waals surface area contributed by atoms with E-state index in [1.807, 2.05) is 24.3 Å². The van der Waals surface area contributed by atoms with Crippen LogP contribution < -0.4 is 5.32 Å². The summed E-state index contributed by atoms with van der Waals surface area (Å²) in [6.45, 7) is 0.770. The van der Waals surface area contributed by atoms with E-state index in [2.05, 4.69) is 30.7 Å². The number of nitrogens with one attached hydrogen (secondary N) is 1. The molecule has 0 saturated carbocycles. The van der Waals surface area contributed by atoms with Crippen molar-refractivity contribution in [3.63, 3.8) is 0 Å². The second-order valence-electron chi connectivity index (χ2n) is 5.86. The summed E-state index contributed by atoms with van der Waals surface area (Å²) >= 11 is 7.35. The van der Waals surface area contributed by atoms with Crippen LogP contribution in [0.5, 0.6) is 0 Å². The molecule has 0 aliphatic heterocycles. The van der Waals surface area contributed by atoms with Crippen LogP contribution in [0.2, 0.25) is 5.02 Å². The van der Waals surface area contributed by atoms with Crippen molar-refractivity contribution >= 4 is 35.1 Å². The van der Waals surface area contributed by atoms with Gasteiger partial charge >= 0.3 is 0 Å². The number of halogens is 1. The number of thioether (sulfide) groups is 1. The number of anilines is 1. The van der Waals surface area contributed by atoms with Gasteiger partial charge in [0.15, 0.2) is 0 Å². The Balaban J connectivity index is 1.31. The van der Waals surface area contributed by atoms with Gasteiger partial charge in [0.2, 0.25) is 11.8 Å². The zero-order chi connectivity index (χ0) is 20.1. The van der Waals surface area contributed by atoms with E-state index < -0.39 is 0 Å². The molecule has 0 saturated heterocycles. The second-order valence-corrected chi connectivity index (χ2v) is 7.19. The van der Waals surface area contributed by atoms with Crippen LogP contribution in [0.4, 0.5) is 5.82 Å². The quantitative estimate of drug-likeness (QED) is 0.423. The summed E-state index contributed by atoms with van der Waals surface area (Å²) in [6, 6.07) is 9.22. The highest BCUT2D eigenvalue weighted by molar-refractivity contribution is 7.99. The standard InChI is InChI=1S/C17H15ClN8O2S/c18-13-4-2-1-3-12(13)7-26-14(5-6-20-26)22-15(27)9-29-17-24-23-16(28-17)8-25-11-19-10-21-25/h1-6,10-11H,7-9H2,(H,22,27). The number of hydrogen-bond acceptors (Lipinski definition) is 8. The second kappa shape index (κ2) is 8.88. The van der Waals surface area contributed by atoms with E-state index in [1.165, 1.54) is 6.33 Å². The number of rotatable bonds is 8. The largest absolute Gasteiger partial charge is 0.414 e. The average Bonchev–Trinajstić information content (AvgIpc) is 3.46. The Bertz CT molecular complexity index is 1090. The number of amides is 1.